The van der Waals surface area contributed by atoms with Crippen LogP contribution in [0.1, 0.15) is 6.42 Å². The van der Waals surface area contributed by atoms with E-state index in [4.69, 9.17) is 0 Å². The van der Waals surface area contributed by atoms with Gasteiger partial charge in [0, 0.05) is 12.6 Å². The predicted molar refractivity (Wildman–Crippen MR) is 28.3 cm³/mol. The molecule has 0 unspecified atom stereocenters. The molecular formula is C5H8N2O. The summed E-state index contributed by atoms with van der Waals surface area (Å²) < 4.78 is 0. The third-order valence-electron chi connectivity index (χ3n) is 1.79. The lowest BCUT2D eigenvalue weighted by atomic mass is 10.2. The van der Waals surface area contributed by atoms with Crippen molar-refractivity contribution in [1.82, 2.24) is 10.6 Å². The second kappa shape index (κ2) is 1.23. The first-order valence-corrected chi connectivity index (χ1v) is 2.90. The fourth-order valence-electron chi connectivity index (χ4n) is 1.35. The van der Waals surface area contributed by atoms with Crippen molar-refractivity contribution in [3.8, 4) is 0 Å². The highest BCUT2D eigenvalue weighted by atomic mass is 16.2. The first kappa shape index (κ1) is 4.32. The zero-order valence-corrected chi connectivity index (χ0v) is 4.48. The number of hydrogen-bond acceptors (Lipinski definition) is 2. The molecule has 3 heteroatoms. The van der Waals surface area contributed by atoms with E-state index in [1.807, 2.05) is 0 Å². The molecule has 2 fully saturated rings. The minimum atomic E-state index is 0.139. The number of hydrogen-bond donors (Lipinski definition) is 2. The van der Waals surface area contributed by atoms with Gasteiger partial charge in [-0.1, -0.05) is 0 Å². The maximum Gasteiger partial charge on any atom is 0.237 e. The fourth-order valence-corrected chi connectivity index (χ4v) is 1.35. The van der Waals surface area contributed by atoms with Gasteiger partial charge < -0.3 is 10.6 Å². The van der Waals surface area contributed by atoms with E-state index in [0.717, 1.165) is 13.0 Å². The number of rotatable bonds is 0. The molecule has 0 radical (unpaired) electrons. The predicted octanol–water partition coefficient (Wildman–Crippen LogP) is -1.15. The van der Waals surface area contributed by atoms with E-state index < -0.39 is 0 Å². The van der Waals surface area contributed by atoms with Crippen molar-refractivity contribution in [3.63, 3.8) is 0 Å². The first-order valence-electron chi connectivity index (χ1n) is 2.90. The van der Waals surface area contributed by atoms with E-state index in [0.29, 0.717) is 6.04 Å². The van der Waals surface area contributed by atoms with Gasteiger partial charge in [0.25, 0.3) is 0 Å². The minimum absolute atomic E-state index is 0.139. The number of fused-ring (bicyclic) bond motifs is 2. The Morgan fingerprint density at radius 3 is 2.75 bits per heavy atom. The van der Waals surface area contributed by atoms with Crippen molar-refractivity contribution in [2.45, 2.75) is 18.5 Å². The van der Waals surface area contributed by atoms with Gasteiger partial charge in [0.1, 0.15) is 0 Å². The van der Waals surface area contributed by atoms with E-state index in [1.165, 1.54) is 0 Å². The van der Waals surface area contributed by atoms with Gasteiger partial charge in [-0.05, 0) is 6.42 Å². The van der Waals surface area contributed by atoms with E-state index >= 15 is 0 Å². The topological polar surface area (TPSA) is 41.1 Å². The fraction of sp³-hybridized carbons (Fsp3) is 0.800. The van der Waals surface area contributed by atoms with E-state index in [-0.39, 0.29) is 11.9 Å². The molecule has 2 heterocycles. The molecule has 3 nitrogen and oxygen atoms in total. The summed E-state index contributed by atoms with van der Waals surface area (Å²) in [4.78, 5) is 10.7. The van der Waals surface area contributed by atoms with Gasteiger partial charge in [0.2, 0.25) is 5.91 Å². The van der Waals surface area contributed by atoms with Crippen LogP contribution in [0.5, 0.6) is 0 Å². The molecule has 0 aromatic carbocycles. The summed E-state index contributed by atoms with van der Waals surface area (Å²) in [5.74, 6) is 0.182. The Morgan fingerprint density at radius 1 is 1.62 bits per heavy atom. The van der Waals surface area contributed by atoms with Gasteiger partial charge in [0.05, 0.1) is 6.04 Å². The van der Waals surface area contributed by atoms with Crippen LogP contribution in [-0.2, 0) is 4.79 Å². The lowest BCUT2D eigenvalue weighted by Gasteiger charge is -2.10. The first-order chi connectivity index (χ1) is 3.86. The Hall–Kier alpha value is -0.570. The van der Waals surface area contributed by atoms with Crippen LogP contribution >= 0.6 is 0 Å². The molecule has 1 amide bonds. The molecule has 0 aliphatic carbocycles. The van der Waals surface area contributed by atoms with Gasteiger partial charge in [-0.3, -0.25) is 4.79 Å². The molecule has 0 aromatic heterocycles. The maximum absolute atomic E-state index is 10.7. The van der Waals surface area contributed by atoms with Gasteiger partial charge in [-0.15, -0.1) is 0 Å². The van der Waals surface area contributed by atoms with Crippen LogP contribution in [0.2, 0.25) is 0 Å². The summed E-state index contributed by atoms with van der Waals surface area (Å²) in [6.45, 7) is 0.969. The minimum Gasteiger partial charge on any atom is -0.351 e. The Bertz CT molecular complexity index is 134. The molecule has 0 saturated carbocycles. The summed E-state index contributed by atoms with van der Waals surface area (Å²) in [5.41, 5.74) is 0. The molecule has 2 bridgehead atoms. The van der Waals surface area contributed by atoms with Crippen molar-refractivity contribution in [2.24, 2.45) is 0 Å². The number of amides is 1. The van der Waals surface area contributed by atoms with Gasteiger partial charge in [-0.2, -0.15) is 0 Å². The zero-order chi connectivity index (χ0) is 5.56. The third-order valence-corrected chi connectivity index (χ3v) is 1.79. The summed E-state index contributed by atoms with van der Waals surface area (Å²) in [6, 6.07) is 0.576. The van der Waals surface area contributed by atoms with E-state index in [2.05, 4.69) is 10.6 Å². The SMILES string of the molecule is O=C1N[C@@H]2CN[C@H]1C2. The van der Waals surface area contributed by atoms with E-state index in [9.17, 15) is 4.79 Å². The highest BCUT2D eigenvalue weighted by molar-refractivity contribution is 5.85. The van der Waals surface area contributed by atoms with Crippen LogP contribution in [0.25, 0.3) is 0 Å². The molecule has 44 valence electrons. The molecule has 2 aliphatic rings. The Morgan fingerprint density at radius 2 is 2.50 bits per heavy atom. The van der Waals surface area contributed by atoms with Crippen molar-refractivity contribution in [3.05, 3.63) is 0 Å². The molecule has 2 N–H and O–H groups in total. The van der Waals surface area contributed by atoms with Crippen LogP contribution in [0.15, 0.2) is 0 Å². The highest BCUT2D eigenvalue weighted by Gasteiger charge is 2.37. The lowest BCUT2D eigenvalue weighted by Crippen LogP contribution is -2.44. The summed E-state index contributed by atoms with van der Waals surface area (Å²) in [5, 5.41) is 5.95. The molecule has 2 saturated heterocycles. The maximum atomic E-state index is 10.7. The summed E-state index contributed by atoms with van der Waals surface area (Å²) in [6.07, 6.45) is 0.999. The second-order valence-electron chi connectivity index (χ2n) is 2.40. The highest BCUT2D eigenvalue weighted by Crippen LogP contribution is 2.13. The van der Waals surface area contributed by atoms with Gasteiger partial charge >= 0.3 is 0 Å². The van der Waals surface area contributed by atoms with Crippen molar-refractivity contribution in [2.75, 3.05) is 6.54 Å². The summed E-state index contributed by atoms with van der Waals surface area (Å²) >= 11 is 0. The molecular weight excluding hydrogens is 104 g/mol. The largest absolute Gasteiger partial charge is 0.351 e. The van der Waals surface area contributed by atoms with Crippen molar-refractivity contribution in [1.29, 1.82) is 0 Å². The Labute approximate surface area is 47.4 Å². The molecule has 2 rings (SSSR count). The van der Waals surface area contributed by atoms with Crippen LogP contribution in [-0.4, -0.2) is 24.5 Å². The summed E-state index contributed by atoms with van der Waals surface area (Å²) in [7, 11) is 0. The standard InChI is InChI=1S/C5H8N2O/c8-5-4-1-3(7-5)2-6-4/h3-4,6H,1-2H2,(H,7,8)/t3-,4-/m0/s1. The van der Waals surface area contributed by atoms with Gasteiger partial charge in [0.15, 0.2) is 0 Å². The monoisotopic (exact) mass is 112 g/mol. The second-order valence-corrected chi connectivity index (χ2v) is 2.40. The molecule has 8 heavy (non-hydrogen) atoms. The number of piperazine rings is 1. The number of carbonyl (C=O) groups excluding carboxylic acids is 1. The van der Waals surface area contributed by atoms with E-state index in [1.54, 1.807) is 0 Å². The van der Waals surface area contributed by atoms with Crippen LogP contribution in [0.3, 0.4) is 0 Å². The lowest BCUT2D eigenvalue weighted by molar-refractivity contribution is -0.121. The average Bonchev–Trinajstić information content (AvgIpc) is 2.23. The number of carbonyl (C=O) groups is 1. The number of nitrogens with one attached hydrogen (secondary N) is 2. The average molecular weight is 112 g/mol. The molecule has 2 atom stereocenters. The zero-order valence-electron chi connectivity index (χ0n) is 4.48. The normalized spacial score (nSPS) is 42.8. The third kappa shape index (κ3) is 0.395. The molecule has 0 aromatic rings. The Kier molecular flexibility index (Phi) is 0.663. The smallest absolute Gasteiger partial charge is 0.237 e. The molecule has 2 aliphatic heterocycles. The van der Waals surface area contributed by atoms with Crippen molar-refractivity contribution >= 4 is 5.91 Å². The Balaban J connectivity index is 2.22. The van der Waals surface area contributed by atoms with Crippen LogP contribution in [0.4, 0.5) is 0 Å². The molecule has 0 spiro atoms. The quantitative estimate of drug-likeness (QED) is 0.415. The van der Waals surface area contributed by atoms with Crippen LogP contribution < -0.4 is 10.6 Å². The van der Waals surface area contributed by atoms with Crippen LogP contribution in [0, 0.1) is 0 Å². The van der Waals surface area contributed by atoms with Gasteiger partial charge in [-0.25, -0.2) is 0 Å². The van der Waals surface area contributed by atoms with Crippen molar-refractivity contribution < 1.29 is 4.79 Å².